The molecule has 2 rings (SSSR count). The van der Waals surface area contributed by atoms with Crippen molar-refractivity contribution in [3.8, 4) is 0 Å². The summed E-state index contributed by atoms with van der Waals surface area (Å²) in [6, 6.07) is 9.40. The topological polar surface area (TPSA) is 12.0 Å². The Hall–Kier alpha value is -0.820. The van der Waals surface area contributed by atoms with Gasteiger partial charge in [0.2, 0.25) is 0 Å². The van der Waals surface area contributed by atoms with Crippen LogP contribution in [0.5, 0.6) is 0 Å². The van der Waals surface area contributed by atoms with Crippen LogP contribution in [0.4, 0.5) is 0 Å². The van der Waals surface area contributed by atoms with Crippen molar-refractivity contribution >= 4 is 0 Å². The van der Waals surface area contributed by atoms with Gasteiger partial charge >= 0.3 is 0 Å². The predicted molar refractivity (Wildman–Crippen MR) is 88.3 cm³/mol. The summed E-state index contributed by atoms with van der Waals surface area (Å²) in [5, 5.41) is 3.64. The molecule has 1 fully saturated rings. The summed E-state index contributed by atoms with van der Waals surface area (Å²) >= 11 is 0. The second kappa shape index (κ2) is 8.46. The first-order chi connectivity index (χ1) is 9.85. The SMILES string of the molecule is CCCNCC1CCCCC1c1cccc(CCC)c1. The van der Waals surface area contributed by atoms with Gasteiger partial charge in [-0.15, -0.1) is 0 Å². The Bertz CT molecular complexity index is 385. The molecule has 1 saturated carbocycles. The lowest BCUT2D eigenvalue weighted by Gasteiger charge is -2.32. The van der Waals surface area contributed by atoms with Gasteiger partial charge in [-0.25, -0.2) is 0 Å². The summed E-state index contributed by atoms with van der Waals surface area (Å²) in [5.74, 6) is 1.62. The molecule has 0 spiro atoms. The van der Waals surface area contributed by atoms with Crippen molar-refractivity contribution in [3.63, 3.8) is 0 Å². The largest absolute Gasteiger partial charge is 0.316 e. The minimum atomic E-state index is 0.782. The van der Waals surface area contributed by atoms with Crippen molar-refractivity contribution in [2.24, 2.45) is 5.92 Å². The smallest absolute Gasteiger partial charge is 0.00147 e. The van der Waals surface area contributed by atoms with Crippen LogP contribution in [-0.2, 0) is 6.42 Å². The van der Waals surface area contributed by atoms with E-state index in [-0.39, 0.29) is 0 Å². The van der Waals surface area contributed by atoms with Crippen LogP contribution in [-0.4, -0.2) is 13.1 Å². The van der Waals surface area contributed by atoms with Crippen molar-refractivity contribution in [3.05, 3.63) is 35.4 Å². The zero-order valence-electron chi connectivity index (χ0n) is 13.3. The molecule has 0 heterocycles. The first-order valence-corrected chi connectivity index (χ1v) is 8.64. The Kier molecular flexibility index (Phi) is 6.59. The molecule has 112 valence electrons. The molecule has 1 aliphatic carbocycles. The van der Waals surface area contributed by atoms with Gasteiger partial charge in [-0.05, 0) is 61.7 Å². The first kappa shape index (κ1) is 15.6. The molecule has 1 aliphatic rings. The van der Waals surface area contributed by atoms with E-state index in [1.54, 1.807) is 5.56 Å². The van der Waals surface area contributed by atoms with E-state index in [2.05, 4.69) is 43.4 Å². The third-order valence-electron chi connectivity index (χ3n) is 4.66. The normalized spacial score (nSPS) is 22.9. The van der Waals surface area contributed by atoms with Gasteiger partial charge in [-0.3, -0.25) is 0 Å². The summed E-state index contributed by atoms with van der Waals surface area (Å²) in [4.78, 5) is 0. The quantitative estimate of drug-likeness (QED) is 0.696. The van der Waals surface area contributed by atoms with Crippen LogP contribution < -0.4 is 5.32 Å². The third-order valence-corrected chi connectivity index (χ3v) is 4.66. The maximum absolute atomic E-state index is 3.64. The standard InChI is InChI=1S/C19H31N/c1-3-8-16-9-7-11-17(14-16)19-12-6-5-10-18(19)15-20-13-4-2/h7,9,11,14,18-20H,3-6,8,10,12-13,15H2,1-2H3. The molecule has 2 atom stereocenters. The Morgan fingerprint density at radius 3 is 2.75 bits per heavy atom. The van der Waals surface area contributed by atoms with E-state index in [1.165, 1.54) is 63.6 Å². The monoisotopic (exact) mass is 273 g/mol. The van der Waals surface area contributed by atoms with Crippen LogP contribution in [0.15, 0.2) is 24.3 Å². The fourth-order valence-electron chi connectivity index (χ4n) is 3.62. The van der Waals surface area contributed by atoms with Crippen molar-refractivity contribution in [1.29, 1.82) is 0 Å². The number of hydrogen-bond donors (Lipinski definition) is 1. The minimum absolute atomic E-state index is 0.782. The van der Waals surface area contributed by atoms with Crippen LogP contribution in [0.3, 0.4) is 0 Å². The average Bonchev–Trinajstić information content (AvgIpc) is 2.49. The molecule has 1 N–H and O–H groups in total. The van der Waals surface area contributed by atoms with Gasteiger partial charge in [0.1, 0.15) is 0 Å². The molecular formula is C19H31N. The number of benzene rings is 1. The third kappa shape index (κ3) is 4.34. The fourth-order valence-corrected chi connectivity index (χ4v) is 3.62. The lowest BCUT2D eigenvalue weighted by Crippen LogP contribution is -2.30. The molecular weight excluding hydrogens is 242 g/mol. The Balaban J connectivity index is 2.04. The van der Waals surface area contributed by atoms with Gasteiger partial charge in [0.15, 0.2) is 0 Å². The van der Waals surface area contributed by atoms with Crippen molar-refractivity contribution < 1.29 is 0 Å². The zero-order valence-corrected chi connectivity index (χ0v) is 13.3. The molecule has 0 saturated heterocycles. The Morgan fingerprint density at radius 1 is 1.10 bits per heavy atom. The number of rotatable bonds is 7. The van der Waals surface area contributed by atoms with E-state index in [0.29, 0.717) is 0 Å². The molecule has 1 aromatic carbocycles. The Labute approximate surface area is 125 Å². The van der Waals surface area contributed by atoms with Crippen LogP contribution >= 0.6 is 0 Å². The van der Waals surface area contributed by atoms with Gasteiger partial charge in [0, 0.05) is 0 Å². The minimum Gasteiger partial charge on any atom is -0.316 e. The molecule has 0 aliphatic heterocycles. The van der Waals surface area contributed by atoms with Gasteiger partial charge in [-0.2, -0.15) is 0 Å². The van der Waals surface area contributed by atoms with Crippen molar-refractivity contribution in [2.45, 2.75) is 64.7 Å². The van der Waals surface area contributed by atoms with Crippen LogP contribution in [0.1, 0.15) is 69.4 Å². The van der Waals surface area contributed by atoms with Crippen LogP contribution in [0.2, 0.25) is 0 Å². The van der Waals surface area contributed by atoms with Gasteiger partial charge in [0.25, 0.3) is 0 Å². The van der Waals surface area contributed by atoms with E-state index in [0.717, 1.165) is 11.8 Å². The zero-order chi connectivity index (χ0) is 14.2. The lowest BCUT2D eigenvalue weighted by molar-refractivity contribution is 0.296. The highest BCUT2D eigenvalue weighted by atomic mass is 14.9. The summed E-state index contributed by atoms with van der Waals surface area (Å²) in [6.45, 7) is 6.89. The first-order valence-electron chi connectivity index (χ1n) is 8.64. The van der Waals surface area contributed by atoms with Crippen LogP contribution in [0.25, 0.3) is 0 Å². The molecule has 0 amide bonds. The lowest BCUT2D eigenvalue weighted by atomic mass is 9.75. The summed E-state index contributed by atoms with van der Waals surface area (Å²) < 4.78 is 0. The van der Waals surface area contributed by atoms with Gasteiger partial charge in [-0.1, -0.05) is 57.4 Å². The maximum Gasteiger partial charge on any atom is -0.00147 e. The molecule has 2 unspecified atom stereocenters. The number of nitrogens with one attached hydrogen (secondary N) is 1. The highest BCUT2D eigenvalue weighted by molar-refractivity contribution is 5.27. The van der Waals surface area contributed by atoms with E-state index < -0.39 is 0 Å². The maximum atomic E-state index is 3.64. The fraction of sp³-hybridized carbons (Fsp3) is 0.684. The van der Waals surface area contributed by atoms with E-state index >= 15 is 0 Å². The highest BCUT2D eigenvalue weighted by Gasteiger charge is 2.26. The highest BCUT2D eigenvalue weighted by Crippen LogP contribution is 2.37. The number of aryl methyl sites for hydroxylation is 1. The summed E-state index contributed by atoms with van der Waals surface area (Å²) in [6.07, 6.45) is 9.32. The molecule has 20 heavy (non-hydrogen) atoms. The second-order valence-corrected chi connectivity index (χ2v) is 6.35. The molecule has 1 aromatic rings. The van der Waals surface area contributed by atoms with Crippen molar-refractivity contribution in [1.82, 2.24) is 5.32 Å². The van der Waals surface area contributed by atoms with E-state index in [1.807, 2.05) is 0 Å². The van der Waals surface area contributed by atoms with Crippen molar-refractivity contribution in [2.75, 3.05) is 13.1 Å². The number of hydrogen-bond acceptors (Lipinski definition) is 1. The average molecular weight is 273 g/mol. The molecule has 0 radical (unpaired) electrons. The second-order valence-electron chi connectivity index (χ2n) is 6.35. The van der Waals surface area contributed by atoms with E-state index in [4.69, 9.17) is 0 Å². The van der Waals surface area contributed by atoms with E-state index in [9.17, 15) is 0 Å². The van der Waals surface area contributed by atoms with Crippen LogP contribution in [0, 0.1) is 5.92 Å². The Morgan fingerprint density at radius 2 is 1.95 bits per heavy atom. The molecule has 1 nitrogen and oxygen atoms in total. The predicted octanol–water partition coefficient (Wildman–Crippen LogP) is 4.91. The summed E-state index contributed by atoms with van der Waals surface area (Å²) in [5.41, 5.74) is 3.12. The molecule has 1 heteroatoms. The van der Waals surface area contributed by atoms with Gasteiger partial charge < -0.3 is 5.32 Å². The van der Waals surface area contributed by atoms with Gasteiger partial charge in [0.05, 0.1) is 0 Å². The molecule has 0 bridgehead atoms. The molecule has 0 aromatic heterocycles. The summed E-state index contributed by atoms with van der Waals surface area (Å²) in [7, 11) is 0.